The molecule has 1 heterocycles. The molecule has 17 heavy (non-hydrogen) atoms. The maximum absolute atomic E-state index is 5.57. The van der Waals surface area contributed by atoms with Gasteiger partial charge in [0.1, 0.15) is 6.61 Å². The van der Waals surface area contributed by atoms with Crippen LogP contribution in [0, 0.1) is 0 Å². The molecule has 0 saturated carbocycles. The summed E-state index contributed by atoms with van der Waals surface area (Å²) in [5.74, 6) is 0.668. The zero-order valence-electron chi connectivity index (χ0n) is 9.86. The Kier molecular flexibility index (Phi) is 3.02. The number of thiocarbonyl (C=S) groups is 1. The lowest BCUT2D eigenvalue weighted by Gasteiger charge is -2.07. The van der Waals surface area contributed by atoms with Gasteiger partial charge < -0.3 is 15.8 Å². The highest BCUT2D eigenvalue weighted by Crippen LogP contribution is 2.22. The van der Waals surface area contributed by atoms with Crippen molar-refractivity contribution in [2.45, 2.75) is 19.4 Å². The number of nitrogens with zero attached hydrogens (tertiary/aromatic N) is 1. The van der Waals surface area contributed by atoms with Crippen LogP contribution in [0.4, 0.5) is 5.69 Å². The van der Waals surface area contributed by atoms with Crippen LogP contribution < -0.4 is 11.1 Å². The van der Waals surface area contributed by atoms with E-state index in [1.807, 2.05) is 38.1 Å². The van der Waals surface area contributed by atoms with E-state index in [-0.39, 0.29) is 10.7 Å². The van der Waals surface area contributed by atoms with Gasteiger partial charge >= 0.3 is 0 Å². The number of benzene rings is 1. The lowest BCUT2D eigenvalue weighted by atomic mass is 10.1. The number of nitrogens with two attached hydrogens (primary N) is 1. The molecule has 4 nitrogen and oxygen atoms in total. The summed E-state index contributed by atoms with van der Waals surface area (Å²) in [6.45, 7) is 4.68. The molecule has 5 heteroatoms. The van der Waals surface area contributed by atoms with Gasteiger partial charge in [0.25, 0.3) is 0 Å². The molecule has 0 unspecified atom stereocenters. The van der Waals surface area contributed by atoms with Gasteiger partial charge in [0.2, 0.25) is 5.90 Å². The van der Waals surface area contributed by atoms with E-state index in [9.17, 15) is 0 Å². The van der Waals surface area contributed by atoms with E-state index in [0.29, 0.717) is 12.5 Å². The van der Waals surface area contributed by atoms with Crippen LogP contribution in [0.5, 0.6) is 0 Å². The van der Waals surface area contributed by atoms with E-state index in [0.717, 1.165) is 11.3 Å². The van der Waals surface area contributed by atoms with Crippen molar-refractivity contribution in [2.75, 3.05) is 11.9 Å². The molecule has 0 fully saturated rings. The molecule has 1 aromatic rings. The summed E-state index contributed by atoms with van der Waals surface area (Å²) in [7, 11) is 0. The van der Waals surface area contributed by atoms with Crippen molar-refractivity contribution in [1.82, 2.24) is 0 Å². The van der Waals surface area contributed by atoms with Crippen LogP contribution in [0.2, 0.25) is 0 Å². The lowest BCUT2D eigenvalue weighted by Crippen LogP contribution is -2.19. The molecule has 0 aliphatic carbocycles. The van der Waals surface area contributed by atoms with Crippen LogP contribution in [0.15, 0.2) is 29.3 Å². The molecule has 0 radical (unpaired) electrons. The van der Waals surface area contributed by atoms with Gasteiger partial charge in [0.05, 0.1) is 5.54 Å². The molecule has 0 amide bonds. The maximum atomic E-state index is 5.57. The smallest absolute Gasteiger partial charge is 0.216 e. The highest BCUT2D eigenvalue weighted by atomic mass is 32.1. The average molecular weight is 249 g/mol. The summed E-state index contributed by atoms with van der Waals surface area (Å²) in [4.78, 5) is 4.51. The van der Waals surface area contributed by atoms with Gasteiger partial charge in [-0.3, -0.25) is 0 Å². The predicted molar refractivity (Wildman–Crippen MR) is 73.4 cm³/mol. The molecule has 2 rings (SSSR count). The number of hydrogen-bond donors (Lipinski definition) is 2. The minimum atomic E-state index is -0.151. The summed E-state index contributed by atoms with van der Waals surface area (Å²) in [6.07, 6.45) is 0. The third-order valence-corrected chi connectivity index (χ3v) is 2.45. The zero-order valence-corrected chi connectivity index (χ0v) is 10.7. The van der Waals surface area contributed by atoms with Gasteiger partial charge in [-0.25, -0.2) is 4.99 Å². The Balaban J connectivity index is 2.25. The fraction of sp³-hybridized carbons (Fsp3) is 0.333. The Morgan fingerprint density at radius 1 is 1.53 bits per heavy atom. The van der Waals surface area contributed by atoms with Gasteiger partial charge in [0.15, 0.2) is 5.11 Å². The Labute approximate surface area is 106 Å². The molecule has 0 saturated heterocycles. The first-order chi connectivity index (χ1) is 7.96. The van der Waals surface area contributed by atoms with Crippen LogP contribution in [0.25, 0.3) is 0 Å². The van der Waals surface area contributed by atoms with Crippen molar-refractivity contribution >= 4 is 28.9 Å². The molecule has 1 aliphatic heterocycles. The quantitative estimate of drug-likeness (QED) is 0.786. The Hall–Kier alpha value is -1.62. The molecule has 90 valence electrons. The van der Waals surface area contributed by atoms with Gasteiger partial charge in [-0.1, -0.05) is 6.07 Å². The largest absolute Gasteiger partial charge is 0.475 e. The Morgan fingerprint density at radius 2 is 2.29 bits per heavy atom. The molecule has 0 bridgehead atoms. The number of nitrogens with one attached hydrogen (secondary N) is 1. The first-order valence-corrected chi connectivity index (χ1v) is 5.77. The number of anilines is 1. The molecular weight excluding hydrogens is 234 g/mol. The van der Waals surface area contributed by atoms with Crippen molar-refractivity contribution in [2.24, 2.45) is 10.7 Å². The molecule has 1 aliphatic rings. The summed E-state index contributed by atoms with van der Waals surface area (Å²) in [5.41, 5.74) is 7.05. The van der Waals surface area contributed by atoms with E-state index in [2.05, 4.69) is 10.3 Å². The third kappa shape index (κ3) is 2.94. The first kappa shape index (κ1) is 11.9. The first-order valence-electron chi connectivity index (χ1n) is 5.36. The summed E-state index contributed by atoms with van der Waals surface area (Å²) < 4.78 is 5.57. The fourth-order valence-electron chi connectivity index (χ4n) is 1.60. The monoisotopic (exact) mass is 249 g/mol. The number of ether oxygens (including phenoxy) is 1. The summed E-state index contributed by atoms with van der Waals surface area (Å²) in [6, 6.07) is 7.67. The number of hydrogen-bond acceptors (Lipinski definition) is 3. The summed E-state index contributed by atoms with van der Waals surface area (Å²) >= 11 is 4.80. The van der Waals surface area contributed by atoms with Crippen molar-refractivity contribution in [3.05, 3.63) is 29.8 Å². The number of rotatable bonds is 2. The molecular formula is C12H15N3OS. The van der Waals surface area contributed by atoms with Crippen LogP contribution in [0.3, 0.4) is 0 Å². The molecule has 0 atom stereocenters. The minimum Gasteiger partial charge on any atom is -0.475 e. The second-order valence-corrected chi connectivity index (χ2v) is 5.03. The SMILES string of the molecule is CC1(C)COC(c2cccc(NC(N)=S)c2)=N1. The molecule has 0 spiro atoms. The van der Waals surface area contributed by atoms with Crippen molar-refractivity contribution in [3.8, 4) is 0 Å². The van der Waals surface area contributed by atoms with E-state index >= 15 is 0 Å². The molecule has 3 N–H and O–H groups in total. The van der Waals surface area contributed by atoms with Crippen LogP contribution in [-0.2, 0) is 4.74 Å². The highest BCUT2D eigenvalue weighted by Gasteiger charge is 2.26. The van der Waals surface area contributed by atoms with Crippen LogP contribution in [-0.4, -0.2) is 23.2 Å². The van der Waals surface area contributed by atoms with E-state index in [1.165, 1.54) is 0 Å². The van der Waals surface area contributed by atoms with Gasteiger partial charge in [-0.05, 0) is 44.3 Å². The Bertz CT molecular complexity index is 482. The minimum absolute atomic E-state index is 0.151. The second kappa shape index (κ2) is 4.33. The predicted octanol–water partition coefficient (Wildman–Crippen LogP) is 1.90. The average Bonchev–Trinajstić information content (AvgIpc) is 2.58. The molecule has 0 aromatic heterocycles. The zero-order chi connectivity index (χ0) is 12.5. The van der Waals surface area contributed by atoms with Crippen molar-refractivity contribution in [1.29, 1.82) is 0 Å². The highest BCUT2D eigenvalue weighted by molar-refractivity contribution is 7.80. The fourth-order valence-corrected chi connectivity index (χ4v) is 1.72. The van der Waals surface area contributed by atoms with E-state index in [1.54, 1.807) is 0 Å². The normalized spacial score (nSPS) is 17.2. The van der Waals surface area contributed by atoms with Gasteiger partial charge in [0, 0.05) is 11.3 Å². The van der Waals surface area contributed by atoms with Crippen LogP contribution in [0.1, 0.15) is 19.4 Å². The van der Waals surface area contributed by atoms with Crippen molar-refractivity contribution < 1.29 is 4.74 Å². The third-order valence-electron chi connectivity index (χ3n) is 2.34. The van der Waals surface area contributed by atoms with E-state index in [4.69, 9.17) is 22.7 Å². The topological polar surface area (TPSA) is 59.6 Å². The standard InChI is InChI=1S/C12H15N3OS/c1-12(2)7-16-10(15-12)8-4-3-5-9(6-8)14-11(13)17/h3-6H,7H2,1-2H3,(H3,13,14,17). The summed E-state index contributed by atoms with van der Waals surface area (Å²) in [5, 5.41) is 3.14. The molecule has 1 aromatic carbocycles. The van der Waals surface area contributed by atoms with Crippen LogP contribution >= 0.6 is 12.2 Å². The van der Waals surface area contributed by atoms with E-state index < -0.39 is 0 Å². The maximum Gasteiger partial charge on any atom is 0.216 e. The van der Waals surface area contributed by atoms with Gasteiger partial charge in [-0.15, -0.1) is 0 Å². The van der Waals surface area contributed by atoms with Gasteiger partial charge in [-0.2, -0.15) is 0 Å². The second-order valence-electron chi connectivity index (χ2n) is 4.59. The number of aliphatic imine (C=N–C) groups is 1. The van der Waals surface area contributed by atoms with Crippen molar-refractivity contribution in [3.63, 3.8) is 0 Å². The Morgan fingerprint density at radius 3 is 2.88 bits per heavy atom. The lowest BCUT2D eigenvalue weighted by molar-refractivity contribution is 0.279.